The number of ether oxygens (including phenoxy) is 1. The number of nitrogens with one attached hydrogen (secondary N) is 1. The lowest BCUT2D eigenvalue weighted by molar-refractivity contribution is -0.114. The van der Waals surface area contributed by atoms with Crippen molar-refractivity contribution in [2.24, 2.45) is 5.73 Å². The molecule has 0 aliphatic carbocycles. The van der Waals surface area contributed by atoms with Gasteiger partial charge in [0.2, 0.25) is 5.91 Å². The van der Waals surface area contributed by atoms with Crippen LogP contribution in [0.5, 0.6) is 0 Å². The number of urea groups is 1. The summed E-state index contributed by atoms with van der Waals surface area (Å²) in [6, 6.07) is 2.76. The van der Waals surface area contributed by atoms with Crippen molar-refractivity contribution < 1.29 is 23.5 Å². The van der Waals surface area contributed by atoms with Gasteiger partial charge in [-0.05, 0) is 31.0 Å². The van der Waals surface area contributed by atoms with Crippen molar-refractivity contribution in [3.63, 3.8) is 0 Å². The number of hydrogen-bond donors (Lipinski definition) is 2. The Morgan fingerprint density at radius 2 is 2.17 bits per heavy atom. The number of likely N-dealkylation sites (tertiary alicyclic amines) is 1. The predicted octanol–water partition coefficient (Wildman–Crippen LogP) is 1.48. The molecule has 3 amide bonds. The minimum Gasteiger partial charge on any atom is -0.460 e. The molecule has 0 unspecified atom stereocenters. The van der Waals surface area contributed by atoms with Gasteiger partial charge in [0.1, 0.15) is 12.4 Å². The van der Waals surface area contributed by atoms with Crippen LogP contribution in [0.4, 0.5) is 14.9 Å². The molecule has 124 valence electrons. The van der Waals surface area contributed by atoms with Crippen molar-refractivity contribution in [2.75, 3.05) is 18.5 Å². The molecule has 1 saturated heterocycles. The van der Waals surface area contributed by atoms with Crippen LogP contribution in [0.2, 0.25) is 0 Å². The van der Waals surface area contributed by atoms with E-state index in [0.29, 0.717) is 13.0 Å². The maximum absolute atomic E-state index is 13.5. The van der Waals surface area contributed by atoms with E-state index in [1.54, 1.807) is 0 Å². The van der Waals surface area contributed by atoms with E-state index in [2.05, 4.69) is 5.32 Å². The minimum absolute atomic E-state index is 0.0224. The molecule has 1 aliphatic heterocycles. The number of nitrogens with two attached hydrogens (primary N) is 1. The third-order valence-corrected chi connectivity index (χ3v) is 3.58. The van der Waals surface area contributed by atoms with Gasteiger partial charge in [-0.1, -0.05) is 0 Å². The monoisotopic (exact) mass is 323 g/mol. The number of carbonyl (C=O) groups excluding carboxylic acids is 3. The van der Waals surface area contributed by atoms with Crippen molar-refractivity contribution >= 4 is 23.6 Å². The molecule has 1 fully saturated rings. The molecular weight excluding hydrogens is 305 g/mol. The second kappa shape index (κ2) is 7.08. The fourth-order valence-corrected chi connectivity index (χ4v) is 2.49. The molecule has 23 heavy (non-hydrogen) atoms. The van der Waals surface area contributed by atoms with Gasteiger partial charge in [0.05, 0.1) is 17.3 Å². The second-order valence-electron chi connectivity index (χ2n) is 5.30. The van der Waals surface area contributed by atoms with Crippen LogP contribution in [0, 0.1) is 5.82 Å². The van der Waals surface area contributed by atoms with Crippen molar-refractivity contribution in [2.45, 2.75) is 25.8 Å². The van der Waals surface area contributed by atoms with E-state index in [4.69, 9.17) is 10.5 Å². The number of amides is 3. The Bertz CT molecular complexity index is 635. The fourth-order valence-electron chi connectivity index (χ4n) is 2.49. The molecule has 7 nitrogen and oxygen atoms in total. The number of carbonyl (C=O) groups is 3. The van der Waals surface area contributed by atoms with Gasteiger partial charge in [0.15, 0.2) is 0 Å². The SMILES string of the molecule is CC(=O)Nc1cc(C(=O)OC[C@@H]2CCCN2C(N)=O)ccc1F. The van der Waals surface area contributed by atoms with E-state index in [1.165, 1.54) is 24.0 Å². The number of rotatable bonds is 4. The lowest BCUT2D eigenvalue weighted by Crippen LogP contribution is -2.41. The lowest BCUT2D eigenvalue weighted by Gasteiger charge is -2.22. The molecule has 1 heterocycles. The quantitative estimate of drug-likeness (QED) is 0.819. The van der Waals surface area contributed by atoms with Gasteiger partial charge in [0, 0.05) is 13.5 Å². The van der Waals surface area contributed by atoms with Crippen LogP contribution in [-0.4, -0.2) is 42.0 Å². The first-order chi connectivity index (χ1) is 10.9. The average molecular weight is 323 g/mol. The summed E-state index contributed by atoms with van der Waals surface area (Å²) in [4.78, 5) is 35.7. The Balaban J connectivity index is 2.00. The summed E-state index contributed by atoms with van der Waals surface area (Å²) >= 11 is 0. The molecule has 0 aromatic heterocycles. The average Bonchev–Trinajstić information content (AvgIpc) is 2.95. The Kier molecular flexibility index (Phi) is 5.15. The van der Waals surface area contributed by atoms with Gasteiger partial charge in [-0.25, -0.2) is 14.0 Å². The van der Waals surface area contributed by atoms with Crippen LogP contribution >= 0.6 is 0 Å². The first-order valence-electron chi connectivity index (χ1n) is 7.19. The number of hydrogen-bond acceptors (Lipinski definition) is 4. The molecule has 0 spiro atoms. The van der Waals surface area contributed by atoms with Gasteiger partial charge in [-0.2, -0.15) is 0 Å². The third-order valence-electron chi connectivity index (χ3n) is 3.58. The number of nitrogens with zero attached hydrogens (tertiary/aromatic N) is 1. The molecule has 0 bridgehead atoms. The topological polar surface area (TPSA) is 102 Å². The van der Waals surface area contributed by atoms with E-state index >= 15 is 0 Å². The van der Waals surface area contributed by atoms with E-state index < -0.39 is 23.7 Å². The molecule has 0 radical (unpaired) electrons. The normalized spacial score (nSPS) is 17.0. The maximum atomic E-state index is 13.5. The molecule has 1 aliphatic rings. The van der Waals surface area contributed by atoms with Gasteiger partial charge in [0.25, 0.3) is 0 Å². The predicted molar refractivity (Wildman–Crippen MR) is 80.3 cm³/mol. The van der Waals surface area contributed by atoms with Crippen LogP contribution in [-0.2, 0) is 9.53 Å². The first kappa shape index (κ1) is 16.7. The van der Waals surface area contributed by atoms with Crippen molar-refractivity contribution in [1.82, 2.24) is 4.90 Å². The molecule has 2 rings (SSSR count). The van der Waals surface area contributed by atoms with E-state index in [0.717, 1.165) is 12.5 Å². The lowest BCUT2D eigenvalue weighted by atomic mass is 10.2. The Morgan fingerprint density at radius 3 is 2.83 bits per heavy atom. The smallest absolute Gasteiger partial charge is 0.338 e. The zero-order chi connectivity index (χ0) is 17.0. The number of primary amides is 1. The summed E-state index contributed by atoms with van der Waals surface area (Å²) in [5, 5.41) is 2.30. The van der Waals surface area contributed by atoms with Crippen molar-refractivity contribution in [1.29, 1.82) is 0 Å². The maximum Gasteiger partial charge on any atom is 0.338 e. The Hall–Kier alpha value is -2.64. The highest BCUT2D eigenvalue weighted by Gasteiger charge is 2.28. The summed E-state index contributed by atoms with van der Waals surface area (Å²) in [6.45, 7) is 1.80. The Labute approximate surface area is 132 Å². The van der Waals surface area contributed by atoms with Gasteiger partial charge < -0.3 is 20.7 Å². The summed E-state index contributed by atoms with van der Waals surface area (Å²) in [5.41, 5.74) is 5.27. The highest BCUT2D eigenvalue weighted by Crippen LogP contribution is 2.19. The number of halogens is 1. The third kappa shape index (κ3) is 4.18. The fraction of sp³-hybridized carbons (Fsp3) is 0.400. The summed E-state index contributed by atoms with van der Waals surface area (Å²) in [5.74, 6) is -1.75. The first-order valence-corrected chi connectivity index (χ1v) is 7.19. The highest BCUT2D eigenvalue weighted by molar-refractivity contribution is 5.93. The van der Waals surface area contributed by atoms with Gasteiger partial charge in [-0.3, -0.25) is 4.79 Å². The molecule has 3 N–H and O–H groups in total. The molecular formula is C15H18FN3O4. The van der Waals surface area contributed by atoms with E-state index in [-0.39, 0.29) is 23.9 Å². The van der Waals surface area contributed by atoms with Crippen LogP contribution in [0.3, 0.4) is 0 Å². The summed E-state index contributed by atoms with van der Waals surface area (Å²) < 4.78 is 18.7. The van der Waals surface area contributed by atoms with Gasteiger partial charge >= 0.3 is 12.0 Å². The van der Waals surface area contributed by atoms with Crippen LogP contribution in [0.1, 0.15) is 30.1 Å². The van der Waals surface area contributed by atoms with Crippen LogP contribution < -0.4 is 11.1 Å². The minimum atomic E-state index is -0.659. The zero-order valence-corrected chi connectivity index (χ0v) is 12.7. The number of anilines is 1. The molecule has 1 aromatic rings. The van der Waals surface area contributed by atoms with Crippen LogP contribution in [0.25, 0.3) is 0 Å². The van der Waals surface area contributed by atoms with Crippen LogP contribution in [0.15, 0.2) is 18.2 Å². The summed E-state index contributed by atoms with van der Waals surface area (Å²) in [6.07, 6.45) is 1.51. The summed E-state index contributed by atoms with van der Waals surface area (Å²) in [7, 11) is 0. The number of benzene rings is 1. The molecule has 1 aromatic carbocycles. The molecule has 0 saturated carbocycles. The zero-order valence-electron chi connectivity index (χ0n) is 12.7. The van der Waals surface area contributed by atoms with E-state index in [9.17, 15) is 18.8 Å². The van der Waals surface area contributed by atoms with Crippen molar-refractivity contribution in [3.8, 4) is 0 Å². The van der Waals surface area contributed by atoms with Crippen molar-refractivity contribution in [3.05, 3.63) is 29.6 Å². The largest absolute Gasteiger partial charge is 0.460 e. The number of esters is 1. The molecule has 1 atom stereocenters. The van der Waals surface area contributed by atoms with E-state index in [1.807, 2.05) is 0 Å². The molecule has 8 heteroatoms. The second-order valence-corrected chi connectivity index (χ2v) is 5.30. The standard InChI is InChI=1S/C15H18FN3O4/c1-9(20)18-13-7-10(4-5-12(13)16)14(21)23-8-11-3-2-6-19(11)15(17)22/h4-5,7,11H,2-3,6,8H2,1H3,(H2,17,22)(H,18,20)/t11-/m0/s1. The van der Waals surface area contributed by atoms with Gasteiger partial charge in [-0.15, -0.1) is 0 Å². The highest BCUT2D eigenvalue weighted by atomic mass is 19.1. The Morgan fingerprint density at radius 1 is 1.43 bits per heavy atom.